The molecule has 6 heteroatoms. The van der Waals surface area contributed by atoms with Crippen molar-refractivity contribution >= 4 is 11.8 Å². The Morgan fingerprint density at radius 2 is 1.95 bits per heavy atom. The maximum absolute atomic E-state index is 5.74. The molecule has 5 nitrogen and oxygen atoms in total. The molecule has 2 heterocycles. The molecular weight excluding hydrogens is 286 g/mol. The Morgan fingerprint density at radius 3 is 2.76 bits per heavy atom. The highest BCUT2D eigenvalue weighted by atomic mass is 32.2. The van der Waals surface area contributed by atoms with E-state index in [1.165, 1.54) is 11.8 Å². The molecule has 0 amide bonds. The van der Waals surface area contributed by atoms with Crippen LogP contribution < -0.4 is 0 Å². The predicted molar refractivity (Wildman–Crippen MR) is 77.8 cm³/mol. The molecule has 0 N–H and O–H groups in total. The van der Waals surface area contributed by atoms with Crippen LogP contribution in [0.5, 0.6) is 0 Å². The van der Waals surface area contributed by atoms with Crippen LogP contribution in [0.25, 0.3) is 11.3 Å². The van der Waals surface area contributed by atoms with E-state index < -0.39 is 0 Å². The summed E-state index contributed by atoms with van der Waals surface area (Å²) in [6.07, 6.45) is 4.06. The number of aromatic nitrogens is 3. The molecule has 0 bridgehead atoms. The summed E-state index contributed by atoms with van der Waals surface area (Å²) in [7, 11) is 0. The molecule has 3 aromatic rings. The summed E-state index contributed by atoms with van der Waals surface area (Å²) >= 11 is 1.45. The van der Waals surface area contributed by atoms with E-state index >= 15 is 0 Å². The fourth-order valence-corrected chi connectivity index (χ4v) is 2.63. The molecule has 1 aliphatic carbocycles. The molecule has 0 saturated heterocycles. The Hall–Kier alpha value is -2.08. The minimum Gasteiger partial charge on any atom is -0.440 e. The van der Waals surface area contributed by atoms with Gasteiger partial charge in [-0.15, -0.1) is 10.2 Å². The highest BCUT2D eigenvalue weighted by molar-refractivity contribution is 7.98. The van der Waals surface area contributed by atoms with Crippen LogP contribution in [0.1, 0.15) is 30.5 Å². The molecule has 0 aliphatic heterocycles. The van der Waals surface area contributed by atoms with Crippen molar-refractivity contribution in [2.24, 2.45) is 0 Å². The van der Waals surface area contributed by atoms with Gasteiger partial charge in [0, 0.05) is 11.5 Å². The first kappa shape index (κ1) is 12.6. The third-order valence-electron chi connectivity index (χ3n) is 3.28. The van der Waals surface area contributed by atoms with E-state index in [0.717, 1.165) is 30.1 Å². The third kappa shape index (κ3) is 2.85. The van der Waals surface area contributed by atoms with Crippen molar-refractivity contribution in [3.63, 3.8) is 0 Å². The van der Waals surface area contributed by atoms with E-state index in [1.807, 2.05) is 30.3 Å². The summed E-state index contributed by atoms with van der Waals surface area (Å²) < 4.78 is 11.3. The SMILES string of the molecule is c1ccc(-c2cnc(CSc3nnc(C4CC4)o3)o2)cc1. The number of thioether (sulfide) groups is 1. The van der Waals surface area contributed by atoms with E-state index in [9.17, 15) is 0 Å². The van der Waals surface area contributed by atoms with Crippen LogP contribution in [0.2, 0.25) is 0 Å². The van der Waals surface area contributed by atoms with Gasteiger partial charge in [-0.05, 0) is 12.8 Å². The lowest BCUT2D eigenvalue weighted by atomic mass is 10.2. The number of benzene rings is 1. The van der Waals surface area contributed by atoms with Crippen molar-refractivity contribution in [2.75, 3.05) is 0 Å². The van der Waals surface area contributed by atoms with Crippen LogP contribution >= 0.6 is 11.8 Å². The number of hydrogen-bond acceptors (Lipinski definition) is 6. The van der Waals surface area contributed by atoms with Crippen LogP contribution in [0.4, 0.5) is 0 Å². The zero-order valence-corrected chi connectivity index (χ0v) is 12.0. The first-order valence-electron chi connectivity index (χ1n) is 6.85. The van der Waals surface area contributed by atoms with Crippen molar-refractivity contribution in [1.29, 1.82) is 0 Å². The van der Waals surface area contributed by atoms with Crippen LogP contribution in [0, 0.1) is 0 Å². The highest BCUT2D eigenvalue weighted by Crippen LogP contribution is 2.40. The lowest BCUT2D eigenvalue weighted by molar-refractivity contribution is 0.413. The Balaban J connectivity index is 1.41. The molecule has 1 saturated carbocycles. The topological polar surface area (TPSA) is 65.0 Å². The summed E-state index contributed by atoms with van der Waals surface area (Å²) in [6, 6.07) is 9.92. The van der Waals surface area contributed by atoms with Crippen LogP contribution in [0.15, 0.2) is 50.6 Å². The second-order valence-electron chi connectivity index (χ2n) is 4.95. The van der Waals surface area contributed by atoms with Gasteiger partial charge in [0.1, 0.15) is 0 Å². The van der Waals surface area contributed by atoms with Crippen LogP contribution in [0.3, 0.4) is 0 Å². The fraction of sp³-hybridized carbons (Fsp3) is 0.267. The van der Waals surface area contributed by atoms with Gasteiger partial charge in [-0.2, -0.15) is 0 Å². The minimum absolute atomic E-state index is 0.485. The van der Waals surface area contributed by atoms with Crippen molar-refractivity contribution in [2.45, 2.75) is 29.7 Å². The third-order valence-corrected chi connectivity index (χ3v) is 4.08. The van der Waals surface area contributed by atoms with E-state index in [0.29, 0.717) is 22.8 Å². The second kappa shape index (κ2) is 5.37. The van der Waals surface area contributed by atoms with Gasteiger partial charge >= 0.3 is 0 Å². The molecule has 1 aliphatic rings. The summed E-state index contributed by atoms with van der Waals surface area (Å²) in [5.41, 5.74) is 1.02. The average molecular weight is 299 g/mol. The zero-order valence-electron chi connectivity index (χ0n) is 11.2. The number of rotatable bonds is 5. The monoisotopic (exact) mass is 299 g/mol. The van der Waals surface area contributed by atoms with Gasteiger partial charge in [0.15, 0.2) is 5.76 Å². The van der Waals surface area contributed by atoms with Crippen molar-refractivity contribution in [3.8, 4) is 11.3 Å². The van der Waals surface area contributed by atoms with Gasteiger partial charge in [0.25, 0.3) is 5.22 Å². The smallest absolute Gasteiger partial charge is 0.277 e. The molecule has 2 aromatic heterocycles. The molecule has 0 unspecified atom stereocenters. The van der Waals surface area contributed by atoms with Crippen molar-refractivity contribution < 1.29 is 8.83 Å². The van der Waals surface area contributed by atoms with Gasteiger partial charge < -0.3 is 8.83 Å². The predicted octanol–water partition coefficient (Wildman–Crippen LogP) is 3.89. The quantitative estimate of drug-likeness (QED) is 0.666. The normalized spacial score (nSPS) is 14.5. The lowest BCUT2D eigenvalue weighted by Crippen LogP contribution is -1.79. The number of oxazole rings is 1. The van der Waals surface area contributed by atoms with E-state index in [-0.39, 0.29) is 0 Å². The minimum atomic E-state index is 0.485. The first-order chi connectivity index (χ1) is 10.4. The highest BCUT2D eigenvalue weighted by Gasteiger charge is 2.29. The largest absolute Gasteiger partial charge is 0.440 e. The van der Waals surface area contributed by atoms with E-state index in [4.69, 9.17) is 8.83 Å². The van der Waals surface area contributed by atoms with Crippen molar-refractivity contribution in [3.05, 3.63) is 48.3 Å². The van der Waals surface area contributed by atoms with Crippen LogP contribution in [-0.2, 0) is 5.75 Å². The zero-order chi connectivity index (χ0) is 14.1. The maximum atomic E-state index is 5.74. The fourth-order valence-electron chi connectivity index (χ4n) is 2.01. The molecule has 0 radical (unpaired) electrons. The Morgan fingerprint density at radius 1 is 1.10 bits per heavy atom. The molecule has 1 fully saturated rings. The molecule has 0 spiro atoms. The van der Waals surface area contributed by atoms with Gasteiger partial charge in [-0.3, -0.25) is 0 Å². The molecule has 4 rings (SSSR count). The first-order valence-corrected chi connectivity index (χ1v) is 7.83. The maximum Gasteiger partial charge on any atom is 0.277 e. The van der Waals surface area contributed by atoms with Gasteiger partial charge in [-0.25, -0.2) is 4.98 Å². The Bertz CT molecular complexity index is 734. The Labute approximate surface area is 125 Å². The second-order valence-corrected chi connectivity index (χ2v) is 5.88. The molecule has 0 atom stereocenters. The summed E-state index contributed by atoms with van der Waals surface area (Å²) in [5.74, 6) is 3.26. The van der Waals surface area contributed by atoms with Crippen molar-refractivity contribution in [1.82, 2.24) is 15.2 Å². The summed E-state index contributed by atoms with van der Waals surface area (Å²) in [6.45, 7) is 0. The summed E-state index contributed by atoms with van der Waals surface area (Å²) in [5, 5.41) is 8.67. The standard InChI is InChI=1S/C15H13N3O2S/c1-2-4-10(5-3-1)12-8-16-13(19-12)9-21-15-18-17-14(20-15)11-6-7-11/h1-5,8,11H,6-7,9H2. The van der Waals surface area contributed by atoms with Crippen LogP contribution in [-0.4, -0.2) is 15.2 Å². The lowest BCUT2D eigenvalue weighted by Gasteiger charge is -1.94. The molecule has 21 heavy (non-hydrogen) atoms. The molecule has 1 aromatic carbocycles. The van der Waals surface area contributed by atoms with Gasteiger partial charge in [0.2, 0.25) is 11.8 Å². The van der Waals surface area contributed by atoms with Gasteiger partial charge in [0.05, 0.1) is 11.9 Å². The average Bonchev–Trinajstić information content (AvgIpc) is 3.09. The molecule has 106 valence electrons. The van der Waals surface area contributed by atoms with E-state index in [2.05, 4.69) is 15.2 Å². The number of hydrogen-bond donors (Lipinski definition) is 0. The molecular formula is C15H13N3O2S. The number of nitrogens with zero attached hydrogens (tertiary/aromatic N) is 3. The summed E-state index contributed by atoms with van der Waals surface area (Å²) in [4.78, 5) is 4.28. The Kier molecular flexibility index (Phi) is 3.23. The van der Waals surface area contributed by atoms with Gasteiger partial charge in [-0.1, -0.05) is 42.1 Å². The van der Waals surface area contributed by atoms with E-state index in [1.54, 1.807) is 6.20 Å².